The number of Topliss-reactive ketones (excluding diaryl/α,β-unsaturated/α-hetero) is 1. The van der Waals surface area contributed by atoms with Gasteiger partial charge in [-0.15, -0.1) is 0 Å². The summed E-state index contributed by atoms with van der Waals surface area (Å²) in [5.41, 5.74) is 0. The predicted octanol–water partition coefficient (Wildman–Crippen LogP) is 1.08. The number of carbonyl (C=O) groups is 5. The van der Waals surface area contributed by atoms with Crippen LogP contribution in [0.3, 0.4) is 0 Å². The van der Waals surface area contributed by atoms with Crippen molar-refractivity contribution >= 4 is 29.5 Å². The average molecular weight is 881 g/mol. The van der Waals surface area contributed by atoms with Crippen LogP contribution in [-0.4, -0.2) is 147 Å². The van der Waals surface area contributed by atoms with E-state index in [-0.39, 0.29) is 44.3 Å². The van der Waals surface area contributed by atoms with E-state index in [1.165, 1.54) is 13.8 Å². The van der Waals surface area contributed by atoms with Gasteiger partial charge < -0.3 is 65.0 Å². The number of aliphatic hydroxyl groups excluding tert-OH is 5. The number of nitrogens with one attached hydrogen (secondary N) is 2. The molecule has 2 saturated heterocycles. The number of carbonyl (C=O) groups excluding carboxylic acids is 5. The molecule has 2 amide bonds. The smallest absolute Gasteiger partial charge is 0.325 e. The zero-order valence-electron chi connectivity index (χ0n) is 36.4. The van der Waals surface area contributed by atoms with Crippen LogP contribution < -0.4 is 10.6 Å². The molecule has 0 unspecified atom stereocenters. The summed E-state index contributed by atoms with van der Waals surface area (Å²) < 4.78 is 28.6. The summed E-state index contributed by atoms with van der Waals surface area (Å²) in [6.45, 7) is 5.90. The Kier molecular flexibility index (Phi) is 22.1. The van der Waals surface area contributed by atoms with Gasteiger partial charge in [0.1, 0.15) is 30.6 Å². The number of aliphatic hydroxyl groups is 6. The largest absolute Gasteiger partial charge is 0.468 e. The van der Waals surface area contributed by atoms with Gasteiger partial charge in [0.05, 0.1) is 61.6 Å². The summed E-state index contributed by atoms with van der Waals surface area (Å²) in [6, 6.07) is -1.18. The number of rotatable bonds is 9. The van der Waals surface area contributed by atoms with Crippen LogP contribution in [0.5, 0.6) is 0 Å². The minimum absolute atomic E-state index is 0.00837. The minimum Gasteiger partial charge on any atom is -0.468 e. The van der Waals surface area contributed by atoms with E-state index < -0.39 is 128 Å². The highest BCUT2D eigenvalue weighted by atomic mass is 16.7. The van der Waals surface area contributed by atoms with Gasteiger partial charge in [-0.25, -0.2) is 0 Å². The quantitative estimate of drug-likeness (QED) is 0.151. The molecule has 3 heterocycles. The number of ether oxygens (including phenoxy) is 5. The highest BCUT2D eigenvalue weighted by Gasteiger charge is 2.51. The lowest BCUT2D eigenvalue weighted by Gasteiger charge is -2.46. The lowest BCUT2D eigenvalue weighted by atomic mass is 9.82. The standard InChI is InChI=1S/C44H68N2O16/c1-6-16-30-19-13-11-9-8-10-12-14-20-31(61-43-40(54)38(46-27(4)47)39(53)26(3)59-43)22-35-37(41(55)45-25-36(52)58-5)34(51)24-44(57,62-35)23-29(49)18-15-17-28(48)21-33(50)32(7-2)42(56)60-30/h8-14,20,26,29-35,37-40,43,49-51,53-54,57H,6-7,15-19,21-25H2,1-5H3,(H,45,55)(H,46,47)/b9-8+,12-10+,13-11+,20-14+/t26-,29+,30-,31+,32+,33-,34+,35+,37-,38+,39-,40+,43+,44-/m1/s1. The van der Waals surface area contributed by atoms with E-state index in [0.717, 1.165) is 13.5 Å². The summed E-state index contributed by atoms with van der Waals surface area (Å²) in [4.78, 5) is 63.5. The number of amides is 2. The number of fused-ring (bicyclic) bond motifs is 2. The Morgan fingerprint density at radius 3 is 2.31 bits per heavy atom. The molecule has 8 N–H and O–H groups in total. The van der Waals surface area contributed by atoms with E-state index in [0.29, 0.717) is 12.8 Å². The van der Waals surface area contributed by atoms with Crippen molar-refractivity contribution in [1.29, 1.82) is 0 Å². The Morgan fingerprint density at radius 2 is 1.65 bits per heavy atom. The Hall–Kier alpha value is -3.85. The summed E-state index contributed by atoms with van der Waals surface area (Å²) in [6.07, 6.45) is 1.96. The zero-order chi connectivity index (χ0) is 46.0. The first-order valence-electron chi connectivity index (χ1n) is 21.5. The lowest BCUT2D eigenvalue weighted by molar-refractivity contribution is -0.307. The predicted molar refractivity (Wildman–Crippen MR) is 222 cm³/mol. The van der Waals surface area contributed by atoms with Crippen molar-refractivity contribution < 1.29 is 78.3 Å². The molecule has 18 heteroatoms. The van der Waals surface area contributed by atoms with Crippen LogP contribution in [0.2, 0.25) is 0 Å². The van der Waals surface area contributed by atoms with Crippen molar-refractivity contribution in [3.8, 4) is 0 Å². The Morgan fingerprint density at radius 1 is 0.952 bits per heavy atom. The monoisotopic (exact) mass is 880 g/mol. The van der Waals surface area contributed by atoms with Gasteiger partial charge in [0.25, 0.3) is 0 Å². The fraction of sp³-hybridized carbons (Fsp3) is 0.705. The van der Waals surface area contributed by atoms with Gasteiger partial charge in [-0.3, -0.25) is 24.0 Å². The zero-order valence-corrected chi connectivity index (χ0v) is 36.4. The number of methoxy groups -OCH3 is 1. The van der Waals surface area contributed by atoms with Crippen LogP contribution in [0.15, 0.2) is 48.6 Å². The Bertz CT molecular complexity index is 1580. The Balaban J connectivity index is 2.01. The Labute approximate surface area is 363 Å². The third-order valence-corrected chi connectivity index (χ3v) is 11.1. The number of hydrogen-bond donors (Lipinski definition) is 8. The number of esters is 2. The molecular formula is C44H68N2O16. The van der Waals surface area contributed by atoms with E-state index in [2.05, 4.69) is 15.4 Å². The minimum atomic E-state index is -2.21. The molecule has 14 atom stereocenters. The number of hydrogen-bond acceptors (Lipinski definition) is 16. The second-order valence-corrected chi connectivity index (χ2v) is 16.3. The fourth-order valence-corrected chi connectivity index (χ4v) is 7.89. The highest BCUT2D eigenvalue weighted by Crippen LogP contribution is 2.38. The molecule has 18 nitrogen and oxygen atoms in total. The van der Waals surface area contributed by atoms with Gasteiger partial charge in [0.15, 0.2) is 12.1 Å². The molecule has 2 fully saturated rings. The first-order chi connectivity index (χ1) is 29.4. The van der Waals surface area contributed by atoms with Gasteiger partial charge in [-0.2, -0.15) is 0 Å². The van der Waals surface area contributed by atoms with E-state index in [4.69, 9.17) is 18.9 Å². The first-order valence-corrected chi connectivity index (χ1v) is 21.5. The molecule has 3 aliphatic rings. The van der Waals surface area contributed by atoms with Crippen molar-refractivity contribution in [3.05, 3.63) is 48.6 Å². The summed E-state index contributed by atoms with van der Waals surface area (Å²) in [5, 5.41) is 72.0. The van der Waals surface area contributed by atoms with Crippen molar-refractivity contribution in [2.75, 3.05) is 13.7 Å². The molecular weight excluding hydrogens is 812 g/mol. The fourth-order valence-electron chi connectivity index (χ4n) is 7.89. The van der Waals surface area contributed by atoms with E-state index >= 15 is 0 Å². The van der Waals surface area contributed by atoms with Crippen LogP contribution in [0, 0.1) is 11.8 Å². The third-order valence-electron chi connectivity index (χ3n) is 11.1. The topological polar surface area (TPSA) is 277 Å². The second kappa shape index (κ2) is 26.1. The van der Waals surface area contributed by atoms with Gasteiger partial charge in [-0.1, -0.05) is 68.9 Å². The van der Waals surface area contributed by atoms with E-state index in [9.17, 15) is 54.6 Å². The molecule has 0 aromatic heterocycles. The molecule has 3 aliphatic heterocycles. The van der Waals surface area contributed by atoms with Gasteiger partial charge in [0, 0.05) is 45.4 Å². The van der Waals surface area contributed by atoms with Crippen LogP contribution in [0.1, 0.15) is 98.3 Å². The highest BCUT2D eigenvalue weighted by molar-refractivity contribution is 5.84. The molecule has 0 radical (unpaired) electrons. The van der Waals surface area contributed by atoms with E-state index in [1.807, 2.05) is 13.0 Å². The van der Waals surface area contributed by atoms with E-state index in [1.54, 1.807) is 49.5 Å². The molecule has 0 aliphatic carbocycles. The van der Waals surface area contributed by atoms with Crippen molar-refractivity contribution in [2.45, 2.75) is 171 Å². The first kappa shape index (κ1) is 52.5. The van der Waals surface area contributed by atoms with Crippen molar-refractivity contribution in [3.63, 3.8) is 0 Å². The summed E-state index contributed by atoms with van der Waals surface area (Å²) in [7, 11) is 1.13. The van der Waals surface area contributed by atoms with Crippen molar-refractivity contribution in [2.24, 2.45) is 11.8 Å². The molecule has 350 valence electrons. The second-order valence-electron chi connectivity index (χ2n) is 16.3. The van der Waals surface area contributed by atoms with Crippen LogP contribution in [-0.2, 0) is 47.7 Å². The molecule has 62 heavy (non-hydrogen) atoms. The molecule has 0 aromatic rings. The van der Waals surface area contributed by atoms with Gasteiger partial charge in [-0.05, 0) is 32.6 Å². The van der Waals surface area contributed by atoms with Gasteiger partial charge in [0.2, 0.25) is 11.8 Å². The van der Waals surface area contributed by atoms with Crippen LogP contribution in [0.4, 0.5) is 0 Å². The average Bonchev–Trinajstić information content (AvgIpc) is 3.19. The normalized spacial score (nSPS) is 38.1. The molecule has 0 saturated carbocycles. The molecule has 0 aromatic carbocycles. The summed E-state index contributed by atoms with van der Waals surface area (Å²) in [5.74, 6) is -7.54. The number of allylic oxidation sites excluding steroid dienone is 6. The maximum atomic E-state index is 13.6. The SMILES string of the molecule is CCC[C@@H]1C/C=C/C=C/C=C/C=C/[C@H](O[C@@H]2O[C@H](C)[C@@H](O)[C@H](NC(C)=O)[C@@H]2O)C[C@@H]2O[C@](O)(C[C@@H](O)CCCC(=O)C[C@@H](O)[C@H](CC)C(=O)O1)C[C@H](O)[C@H]2C(=O)NCC(=O)OC. The third kappa shape index (κ3) is 16.7. The van der Waals surface area contributed by atoms with Gasteiger partial charge >= 0.3 is 11.9 Å². The number of ketones is 1. The van der Waals surface area contributed by atoms with Crippen LogP contribution in [0.25, 0.3) is 0 Å². The maximum absolute atomic E-state index is 13.6. The lowest BCUT2D eigenvalue weighted by Crippen LogP contribution is -2.64. The maximum Gasteiger partial charge on any atom is 0.325 e. The molecule has 2 bridgehead atoms. The molecule has 0 spiro atoms. The number of cyclic esters (lactones) is 1. The van der Waals surface area contributed by atoms with Crippen molar-refractivity contribution in [1.82, 2.24) is 10.6 Å². The summed E-state index contributed by atoms with van der Waals surface area (Å²) >= 11 is 0. The van der Waals surface area contributed by atoms with Crippen LogP contribution >= 0.6 is 0 Å². The molecule has 3 rings (SSSR count).